The van der Waals surface area contributed by atoms with Gasteiger partial charge in [0.1, 0.15) is 17.1 Å². The van der Waals surface area contributed by atoms with Gasteiger partial charge in [-0.2, -0.15) is 0 Å². The molecular formula is C15H9N3O2S. The van der Waals surface area contributed by atoms with E-state index >= 15 is 0 Å². The molecule has 0 amide bonds. The molecule has 0 fully saturated rings. The molecule has 2 heterocycles. The van der Waals surface area contributed by atoms with E-state index in [0.717, 1.165) is 5.01 Å². The molecule has 21 heavy (non-hydrogen) atoms. The number of H-pyrrole nitrogens is 1. The highest BCUT2D eigenvalue weighted by atomic mass is 32.1. The zero-order valence-electron chi connectivity index (χ0n) is 11.0. The fourth-order valence-electron chi connectivity index (χ4n) is 2.44. The number of nitrogens with zero attached hydrogens (tertiary/aromatic N) is 2. The zero-order chi connectivity index (χ0) is 14.6. The number of rotatable bonds is 1. The van der Waals surface area contributed by atoms with Gasteiger partial charge in [0.05, 0.1) is 5.01 Å². The van der Waals surface area contributed by atoms with Crippen molar-refractivity contribution in [3.05, 3.63) is 57.2 Å². The number of thiazole rings is 1. The molecule has 0 saturated heterocycles. The molecule has 0 spiro atoms. The van der Waals surface area contributed by atoms with Crippen molar-refractivity contribution < 1.29 is 9.59 Å². The Balaban J connectivity index is 1.91. The number of hydrogen-bond acceptors (Lipinski definition) is 5. The fourth-order valence-corrected chi connectivity index (χ4v) is 3.03. The van der Waals surface area contributed by atoms with Gasteiger partial charge in [0, 0.05) is 16.5 Å². The number of aromatic amines is 1. The summed E-state index contributed by atoms with van der Waals surface area (Å²) < 4.78 is 0. The Morgan fingerprint density at radius 3 is 2.43 bits per heavy atom. The van der Waals surface area contributed by atoms with Gasteiger partial charge in [-0.25, -0.2) is 9.97 Å². The van der Waals surface area contributed by atoms with Gasteiger partial charge >= 0.3 is 0 Å². The van der Waals surface area contributed by atoms with Crippen molar-refractivity contribution >= 4 is 22.9 Å². The minimum Gasteiger partial charge on any atom is -0.333 e. The molecule has 6 heteroatoms. The van der Waals surface area contributed by atoms with E-state index in [1.54, 1.807) is 24.3 Å². The summed E-state index contributed by atoms with van der Waals surface area (Å²) >= 11 is 1.49. The highest BCUT2D eigenvalue weighted by molar-refractivity contribution is 7.09. The third-order valence-electron chi connectivity index (χ3n) is 3.42. The second-order valence-corrected chi connectivity index (χ2v) is 5.83. The smallest absolute Gasteiger partial charge is 0.214 e. The lowest BCUT2D eigenvalue weighted by atomic mass is 9.90. The molecule has 3 aromatic rings. The Bertz CT molecular complexity index is 855. The number of aryl methyl sites for hydroxylation is 1. The number of ketones is 2. The van der Waals surface area contributed by atoms with E-state index in [1.165, 1.54) is 11.3 Å². The number of hydrogen-bond donors (Lipinski definition) is 1. The van der Waals surface area contributed by atoms with E-state index in [0.29, 0.717) is 22.6 Å². The second kappa shape index (κ2) is 4.20. The summed E-state index contributed by atoms with van der Waals surface area (Å²) in [7, 11) is 0. The van der Waals surface area contributed by atoms with Crippen molar-refractivity contribution in [2.45, 2.75) is 6.92 Å². The van der Waals surface area contributed by atoms with Crippen molar-refractivity contribution in [3.63, 3.8) is 0 Å². The number of carbonyl (C=O) groups excluding carboxylic acids is 2. The van der Waals surface area contributed by atoms with Crippen LogP contribution in [0.15, 0.2) is 29.6 Å². The molecular weight excluding hydrogens is 286 g/mol. The highest BCUT2D eigenvalue weighted by Gasteiger charge is 2.33. The highest BCUT2D eigenvalue weighted by Crippen LogP contribution is 2.28. The van der Waals surface area contributed by atoms with Crippen LogP contribution in [0.2, 0.25) is 0 Å². The van der Waals surface area contributed by atoms with Crippen LogP contribution >= 0.6 is 11.3 Å². The molecule has 1 aliphatic carbocycles. The molecule has 1 N–H and O–H groups in total. The fraction of sp³-hybridized carbons (Fsp3) is 0.0667. The Morgan fingerprint density at radius 2 is 1.76 bits per heavy atom. The standard InChI is InChI=1S/C15H9N3O2S/c1-7-16-10(6-21-7)15-17-11-12(18-15)14(20)9-5-3-2-4-8(9)13(11)19/h2-6H,1H3,(H,17,18). The van der Waals surface area contributed by atoms with Crippen LogP contribution in [0.1, 0.15) is 37.1 Å². The van der Waals surface area contributed by atoms with Crippen molar-refractivity contribution in [2.75, 3.05) is 0 Å². The third kappa shape index (κ3) is 1.69. The quantitative estimate of drug-likeness (QED) is 0.585. The first-order chi connectivity index (χ1) is 10.1. The summed E-state index contributed by atoms with van der Waals surface area (Å²) in [4.78, 5) is 36.5. The van der Waals surface area contributed by atoms with E-state index in [1.807, 2.05) is 12.3 Å². The first-order valence-electron chi connectivity index (χ1n) is 6.36. The largest absolute Gasteiger partial charge is 0.333 e. The van der Waals surface area contributed by atoms with Gasteiger partial charge in [0.15, 0.2) is 5.82 Å². The van der Waals surface area contributed by atoms with Gasteiger partial charge < -0.3 is 4.98 Å². The van der Waals surface area contributed by atoms with Crippen LogP contribution in [-0.2, 0) is 0 Å². The van der Waals surface area contributed by atoms with Gasteiger partial charge in [-0.1, -0.05) is 24.3 Å². The average Bonchev–Trinajstić information content (AvgIpc) is 3.11. The lowest BCUT2D eigenvalue weighted by Gasteiger charge is -2.11. The zero-order valence-corrected chi connectivity index (χ0v) is 11.8. The third-order valence-corrected chi connectivity index (χ3v) is 4.20. The van der Waals surface area contributed by atoms with Crippen LogP contribution in [0.3, 0.4) is 0 Å². The number of fused-ring (bicyclic) bond motifs is 2. The van der Waals surface area contributed by atoms with Crippen LogP contribution < -0.4 is 0 Å². The molecule has 0 radical (unpaired) electrons. The number of aromatic nitrogens is 3. The van der Waals surface area contributed by atoms with Gasteiger partial charge in [-0.3, -0.25) is 9.59 Å². The Kier molecular flexibility index (Phi) is 2.43. The molecule has 0 aliphatic heterocycles. The lowest BCUT2D eigenvalue weighted by molar-refractivity contribution is 0.0974. The number of benzene rings is 1. The predicted octanol–water partition coefficient (Wildman–Crippen LogP) is 2.62. The maximum Gasteiger partial charge on any atom is 0.214 e. The molecule has 5 nitrogen and oxygen atoms in total. The number of nitrogens with one attached hydrogen (secondary N) is 1. The molecule has 1 aliphatic rings. The van der Waals surface area contributed by atoms with Crippen LogP contribution in [-0.4, -0.2) is 26.5 Å². The summed E-state index contributed by atoms with van der Waals surface area (Å²) in [6.07, 6.45) is 0. The van der Waals surface area contributed by atoms with Crippen LogP contribution in [0.4, 0.5) is 0 Å². The Morgan fingerprint density at radius 1 is 1.05 bits per heavy atom. The topological polar surface area (TPSA) is 75.7 Å². The van der Waals surface area contributed by atoms with E-state index in [2.05, 4.69) is 15.0 Å². The molecule has 0 atom stereocenters. The summed E-state index contributed by atoms with van der Waals surface area (Å²) in [6, 6.07) is 6.80. The van der Waals surface area contributed by atoms with Gasteiger partial charge in [-0.15, -0.1) is 11.3 Å². The maximum absolute atomic E-state index is 12.5. The molecule has 102 valence electrons. The van der Waals surface area contributed by atoms with E-state index in [4.69, 9.17) is 0 Å². The lowest BCUT2D eigenvalue weighted by Crippen LogP contribution is -2.20. The van der Waals surface area contributed by atoms with Crippen molar-refractivity contribution in [2.24, 2.45) is 0 Å². The molecule has 2 aromatic heterocycles. The predicted molar refractivity (Wildman–Crippen MR) is 77.7 cm³/mol. The van der Waals surface area contributed by atoms with Crippen molar-refractivity contribution in [1.29, 1.82) is 0 Å². The van der Waals surface area contributed by atoms with E-state index < -0.39 is 0 Å². The van der Waals surface area contributed by atoms with Crippen molar-refractivity contribution in [3.8, 4) is 11.5 Å². The summed E-state index contributed by atoms with van der Waals surface area (Å²) in [6.45, 7) is 1.89. The molecule has 0 bridgehead atoms. The summed E-state index contributed by atoms with van der Waals surface area (Å²) in [5, 5.41) is 2.75. The second-order valence-electron chi connectivity index (χ2n) is 4.76. The average molecular weight is 295 g/mol. The first kappa shape index (κ1) is 12.2. The Labute approximate surface area is 123 Å². The maximum atomic E-state index is 12.5. The minimum absolute atomic E-state index is 0.180. The van der Waals surface area contributed by atoms with Gasteiger partial charge in [0.2, 0.25) is 11.6 Å². The summed E-state index contributed by atoms with van der Waals surface area (Å²) in [5.41, 5.74) is 1.90. The van der Waals surface area contributed by atoms with E-state index in [-0.39, 0.29) is 23.0 Å². The number of imidazole rings is 1. The van der Waals surface area contributed by atoms with Crippen LogP contribution in [0.25, 0.3) is 11.5 Å². The SMILES string of the molecule is Cc1nc(-c2nc3c([nH]2)C(=O)c2ccccc2C3=O)cs1. The van der Waals surface area contributed by atoms with Gasteiger partial charge in [-0.05, 0) is 6.92 Å². The molecule has 0 unspecified atom stereocenters. The van der Waals surface area contributed by atoms with Gasteiger partial charge in [0.25, 0.3) is 0 Å². The number of carbonyl (C=O) groups is 2. The Hall–Kier alpha value is -2.60. The molecule has 0 saturated carbocycles. The molecule has 1 aromatic carbocycles. The van der Waals surface area contributed by atoms with Crippen LogP contribution in [0, 0.1) is 6.92 Å². The minimum atomic E-state index is -0.227. The monoisotopic (exact) mass is 295 g/mol. The first-order valence-corrected chi connectivity index (χ1v) is 7.24. The van der Waals surface area contributed by atoms with Crippen molar-refractivity contribution in [1.82, 2.24) is 15.0 Å². The summed E-state index contributed by atoms with van der Waals surface area (Å²) in [5.74, 6) is 0.0272. The normalized spacial score (nSPS) is 13.2. The van der Waals surface area contributed by atoms with E-state index in [9.17, 15) is 9.59 Å². The molecule has 4 rings (SSSR count). The van der Waals surface area contributed by atoms with Crippen LogP contribution in [0.5, 0.6) is 0 Å².